The summed E-state index contributed by atoms with van der Waals surface area (Å²) in [6.45, 7) is 0.814. The Morgan fingerprint density at radius 2 is 2.06 bits per heavy atom. The van der Waals surface area contributed by atoms with Crippen molar-refractivity contribution in [3.05, 3.63) is 63.8 Å². The molecule has 5 nitrogen and oxygen atoms in total. The molecule has 2 aliphatic carbocycles. The molecular weight excluding hydrogens is 478 g/mol. The van der Waals surface area contributed by atoms with Crippen LogP contribution in [0.1, 0.15) is 29.2 Å². The number of carbonyl (C=O) groups excluding carboxylic acids is 1. The highest BCUT2D eigenvalue weighted by Crippen LogP contribution is 2.63. The Kier molecular flexibility index (Phi) is 5.11. The summed E-state index contributed by atoms with van der Waals surface area (Å²) in [4.78, 5) is 16.4. The number of ether oxygens (including phenoxy) is 1. The minimum absolute atomic E-state index is 0.0104. The number of halogens is 1. The maximum atomic E-state index is 12.9. The minimum Gasteiger partial charge on any atom is -0.504 e. The average Bonchev–Trinajstić information content (AvgIpc) is 2.74. The van der Waals surface area contributed by atoms with Gasteiger partial charge in [0.2, 0.25) is 0 Å². The molecule has 2 bridgehead atoms. The van der Waals surface area contributed by atoms with Crippen LogP contribution < -0.4 is 0 Å². The number of methoxy groups -OCH3 is 1. The molecule has 2 aromatic rings. The third-order valence-electron chi connectivity index (χ3n) is 7.09. The molecule has 1 heterocycles. The van der Waals surface area contributed by atoms with E-state index in [2.05, 4.69) is 40.0 Å². The van der Waals surface area contributed by atoms with Crippen LogP contribution in [0.25, 0.3) is 0 Å². The van der Waals surface area contributed by atoms with Crippen molar-refractivity contribution in [2.75, 3.05) is 20.7 Å². The number of thioether (sulfide) groups is 1. The van der Waals surface area contributed by atoms with E-state index in [1.165, 1.54) is 7.11 Å². The second-order valence-corrected chi connectivity index (χ2v) is 10.8. The number of likely N-dealkylation sites (tertiary alicyclic amines) is 1. The first-order valence-electron chi connectivity index (χ1n) is 10.3. The topological polar surface area (TPSA) is 70.0 Å². The number of likely N-dealkylation sites (N-methyl/N-ethyl adjacent to an activating group) is 1. The van der Waals surface area contributed by atoms with Crippen molar-refractivity contribution in [3.8, 4) is 11.5 Å². The van der Waals surface area contributed by atoms with Gasteiger partial charge in [-0.1, -0.05) is 28.1 Å². The molecule has 31 heavy (non-hydrogen) atoms. The Morgan fingerprint density at radius 3 is 2.81 bits per heavy atom. The number of carbonyl (C=O) groups is 1. The van der Waals surface area contributed by atoms with Gasteiger partial charge >= 0.3 is 0 Å². The fourth-order valence-electron chi connectivity index (χ4n) is 5.73. The number of aromatic hydroxyl groups is 2. The molecule has 5 rings (SSSR count). The summed E-state index contributed by atoms with van der Waals surface area (Å²) in [7, 11) is 3.67. The van der Waals surface area contributed by atoms with Gasteiger partial charge in [0, 0.05) is 38.7 Å². The van der Waals surface area contributed by atoms with E-state index in [0.29, 0.717) is 5.76 Å². The van der Waals surface area contributed by atoms with Gasteiger partial charge in [0.15, 0.2) is 23.0 Å². The Morgan fingerprint density at radius 1 is 1.26 bits per heavy atom. The number of Topliss-reactive ketones (excluding diaryl/α,β-unsaturated/α-hetero) is 1. The molecule has 7 heteroatoms. The van der Waals surface area contributed by atoms with Crippen LogP contribution in [-0.2, 0) is 14.9 Å². The van der Waals surface area contributed by atoms with Gasteiger partial charge < -0.3 is 19.8 Å². The van der Waals surface area contributed by atoms with Gasteiger partial charge in [-0.05, 0) is 55.9 Å². The van der Waals surface area contributed by atoms with Crippen LogP contribution in [0.4, 0.5) is 0 Å². The highest BCUT2D eigenvalue weighted by Gasteiger charge is 2.59. The Hall–Kier alpha value is -1.96. The van der Waals surface area contributed by atoms with E-state index in [-0.39, 0.29) is 40.9 Å². The third kappa shape index (κ3) is 3.12. The first kappa shape index (κ1) is 20.9. The minimum atomic E-state index is -0.539. The monoisotopic (exact) mass is 501 g/mol. The SMILES string of the molecule is COC1=CC2C3C(Sc4cccc(Br)c4)c4ccc(O)c(O)c4C2(CCN3C)CC1=O. The van der Waals surface area contributed by atoms with E-state index >= 15 is 0 Å². The van der Waals surface area contributed by atoms with Crippen molar-refractivity contribution < 1.29 is 19.7 Å². The molecule has 1 aliphatic heterocycles. The molecule has 2 N–H and O–H groups in total. The highest BCUT2D eigenvalue weighted by atomic mass is 79.9. The molecule has 0 amide bonds. The molecule has 0 spiro atoms. The van der Waals surface area contributed by atoms with Gasteiger partial charge in [-0.25, -0.2) is 0 Å². The second-order valence-electron chi connectivity index (χ2n) is 8.63. The lowest BCUT2D eigenvalue weighted by Gasteiger charge is -2.58. The number of piperidine rings is 1. The van der Waals surface area contributed by atoms with Crippen LogP contribution >= 0.6 is 27.7 Å². The summed E-state index contributed by atoms with van der Waals surface area (Å²) in [5.41, 5.74) is 1.19. The maximum absolute atomic E-state index is 12.9. The predicted octanol–water partition coefficient (Wildman–Crippen LogP) is 4.77. The van der Waals surface area contributed by atoms with Gasteiger partial charge in [0.1, 0.15) is 0 Å². The van der Waals surface area contributed by atoms with Gasteiger partial charge in [-0.2, -0.15) is 0 Å². The standard InChI is InChI=1S/C24H24BrNO4S/c1-26-9-8-24-12-18(28)19(30-2)11-16(24)21(26)23(31-14-5-3-4-13(25)10-14)15-6-7-17(27)22(29)20(15)24/h3-7,10-11,16,21,23,27,29H,8-9,12H2,1-2H3. The number of phenolic OH excluding ortho intramolecular Hbond substituents is 2. The zero-order valence-electron chi connectivity index (χ0n) is 17.3. The van der Waals surface area contributed by atoms with Crippen molar-refractivity contribution in [1.29, 1.82) is 0 Å². The Bertz CT molecular complexity index is 1100. The van der Waals surface area contributed by atoms with Gasteiger partial charge in [0.05, 0.1) is 12.4 Å². The van der Waals surface area contributed by atoms with Crippen molar-refractivity contribution in [1.82, 2.24) is 4.90 Å². The lowest BCUT2D eigenvalue weighted by Crippen LogP contribution is -2.61. The van der Waals surface area contributed by atoms with E-state index in [4.69, 9.17) is 4.74 Å². The smallest absolute Gasteiger partial charge is 0.197 e. The number of hydrogen-bond donors (Lipinski definition) is 2. The highest BCUT2D eigenvalue weighted by molar-refractivity contribution is 9.10. The lowest BCUT2D eigenvalue weighted by molar-refractivity contribution is -0.122. The quantitative estimate of drug-likeness (QED) is 0.590. The van der Waals surface area contributed by atoms with Gasteiger partial charge in [-0.15, -0.1) is 11.8 Å². The number of nitrogens with zero attached hydrogens (tertiary/aromatic N) is 1. The first-order valence-corrected chi connectivity index (χ1v) is 12.0. The maximum Gasteiger partial charge on any atom is 0.197 e. The Labute approximate surface area is 194 Å². The van der Waals surface area contributed by atoms with Crippen molar-refractivity contribution >= 4 is 33.5 Å². The second kappa shape index (κ2) is 7.57. The fourth-order valence-corrected chi connectivity index (χ4v) is 7.76. The number of rotatable bonds is 3. The molecule has 2 aromatic carbocycles. The molecule has 0 radical (unpaired) electrons. The summed E-state index contributed by atoms with van der Waals surface area (Å²) in [5.74, 6) is 0.115. The van der Waals surface area contributed by atoms with Crippen LogP contribution in [0.15, 0.2) is 57.6 Å². The molecule has 0 saturated carbocycles. The van der Waals surface area contributed by atoms with Crippen LogP contribution in [0.2, 0.25) is 0 Å². The normalized spacial score (nSPS) is 29.7. The largest absolute Gasteiger partial charge is 0.504 e. The van der Waals surface area contributed by atoms with Crippen LogP contribution in [0, 0.1) is 5.92 Å². The van der Waals surface area contributed by atoms with Crippen LogP contribution in [0.5, 0.6) is 11.5 Å². The summed E-state index contributed by atoms with van der Waals surface area (Å²) in [6.07, 6.45) is 2.98. The fraction of sp³-hybridized carbons (Fsp3) is 0.375. The summed E-state index contributed by atoms with van der Waals surface area (Å²) < 4.78 is 6.44. The lowest BCUT2D eigenvalue weighted by atomic mass is 9.53. The van der Waals surface area contributed by atoms with E-state index in [1.807, 2.05) is 24.3 Å². The van der Waals surface area contributed by atoms with Crippen molar-refractivity contribution in [2.24, 2.45) is 5.92 Å². The summed E-state index contributed by atoms with van der Waals surface area (Å²) in [5, 5.41) is 21.5. The number of fused-ring (bicyclic) bond motifs is 1. The Balaban J connectivity index is 1.75. The molecular formula is C24H24BrNO4S. The van der Waals surface area contributed by atoms with E-state index < -0.39 is 5.41 Å². The summed E-state index contributed by atoms with van der Waals surface area (Å²) in [6, 6.07) is 11.8. The van der Waals surface area contributed by atoms with E-state index in [1.54, 1.807) is 17.8 Å². The van der Waals surface area contributed by atoms with Gasteiger partial charge in [0.25, 0.3) is 0 Å². The van der Waals surface area contributed by atoms with Crippen LogP contribution in [-0.4, -0.2) is 47.6 Å². The average molecular weight is 502 g/mol. The number of benzene rings is 2. The van der Waals surface area contributed by atoms with E-state index in [0.717, 1.165) is 33.5 Å². The molecule has 1 fully saturated rings. The van der Waals surface area contributed by atoms with Gasteiger partial charge in [-0.3, -0.25) is 4.79 Å². The zero-order valence-corrected chi connectivity index (χ0v) is 19.7. The van der Waals surface area contributed by atoms with Crippen molar-refractivity contribution in [2.45, 2.75) is 34.4 Å². The van der Waals surface area contributed by atoms with Crippen molar-refractivity contribution in [3.63, 3.8) is 0 Å². The first-order chi connectivity index (χ1) is 14.9. The summed E-state index contributed by atoms with van der Waals surface area (Å²) >= 11 is 5.31. The predicted molar refractivity (Wildman–Crippen MR) is 123 cm³/mol. The molecule has 4 atom stereocenters. The number of ketones is 1. The molecule has 162 valence electrons. The third-order valence-corrected chi connectivity index (χ3v) is 8.90. The molecule has 4 unspecified atom stereocenters. The molecule has 1 saturated heterocycles. The van der Waals surface area contributed by atoms with E-state index in [9.17, 15) is 15.0 Å². The number of allylic oxidation sites excluding steroid dienone is 1. The molecule has 0 aromatic heterocycles. The number of phenols is 2. The molecule has 3 aliphatic rings. The number of hydrogen-bond acceptors (Lipinski definition) is 6. The van der Waals surface area contributed by atoms with Crippen LogP contribution in [0.3, 0.4) is 0 Å². The zero-order chi connectivity index (χ0) is 21.9.